The van der Waals surface area contributed by atoms with Gasteiger partial charge in [0.2, 0.25) is 17.6 Å². The van der Waals surface area contributed by atoms with Crippen molar-refractivity contribution in [3.8, 4) is 22.9 Å². The van der Waals surface area contributed by atoms with E-state index in [4.69, 9.17) is 14.0 Å². The highest BCUT2D eigenvalue weighted by Crippen LogP contribution is 2.31. The lowest BCUT2D eigenvalue weighted by molar-refractivity contribution is -0.127. The van der Waals surface area contributed by atoms with Crippen molar-refractivity contribution in [2.75, 3.05) is 26.3 Å². The molecule has 0 radical (unpaired) electrons. The Kier molecular flexibility index (Phi) is 7.50. The zero-order valence-electron chi connectivity index (χ0n) is 20.4. The summed E-state index contributed by atoms with van der Waals surface area (Å²) in [5.41, 5.74) is 3.29. The summed E-state index contributed by atoms with van der Waals surface area (Å²) in [5, 5.41) is 4.16. The summed E-state index contributed by atoms with van der Waals surface area (Å²) in [7, 11) is 0. The number of benzene rings is 2. The van der Waals surface area contributed by atoms with Gasteiger partial charge in [-0.1, -0.05) is 49.3 Å². The van der Waals surface area contributed by atoms with Gasteiger partial charge in [0.25, 0.3) is 0 Å². The van der Waals surface area contributed by atoms with E-state index in [0.717, 1.165) is 29.0 Å². The molecular formula is C27H33N3O4. The zero-order chi connectivity index (χ0) is 24.1. The van der Waals surface area contributed by atoms with Gasteiger partial charge in [-0.15, -0.1) is 0 Å². The SMILES string of the molecule is CCOc1ccc(CCN2CC(c3nc(-c4ccc(C(C)C)cc4)no3)CC2=O)cc1OCC. The molecule has 3 aromatic rings. The van der Waals surface area contributed by atoms with E-state index < -0.39 is 0 Å². The van der Waals surface area contributed by atoms with E-state index in [-0.39, 0.29) is 11.8 Å². The molecule has 7 nitrogen and oxygen atoms in total. The number of likely N-dealkylation sites (tertiary alicyclic amines) is 1. The Morgan fingerprint density at radius 1 is 1.06 bits per heavy atom. The molecular weight excluding hydrogens is 430 g/mol. The molecule has 0 aliphatic carbocycles. The molecule has 7 heteroatoms. The van der Waals surface area contributed by atoms with Gasteiger partial charge in [-0.05, 0) is 49.4 Å². The van der Waals surface area contributed by atoms with E-state index >= 15 is 0 Å². The van der Waals surface area contributed by atoms with Crippen LogP contribution in [0.2, 0.25) is 0 Å². The smallest absolute Gasteiger partial charge is 0.232 e. The highest BCUT2D eigenvalue weighted by molar-refractivity contribution is 5.79. The number of carbonyl (C=O) groups is 1. The molecule has 180 valence electrons. The topological polar surface area (TPSA) is 77.7 Å². The summed E-state index contributed by atoms with van der Waals surface area (Å²) < 4.78 is 16.9. The van der Waals surface area contributed by atoms with Crippen LogP contribution in [0.5, 0.6) is 11.5 Å². The Bertz CT molecular complexity index is 1110. The number of amides is 1. The van der Waals surface area contributed by atoms with Gasteiger partial charge in [0.15, 0.2) is 11.5 Å². The second-order valence-corrected chi connectivity index (χ2v) is 8.87. The first-order valence-electron chi connectivity index (χ1n) is 12.1. The molecule has 1 atom stereocenters. The zero-order valence-corrected chi connectivity index (χ0v) is 20.4. The normalized spacial score (nSPS) is 15.9. The van der Waals surface area contributed by atoms with E-state index in [0.29, 0.717) is 50.4 Å². The number of rotatable bonds is 10. The minimum absolute atomic E-state index is 0.0806. The predicted octanol–water partition coefficient (Wildman–Crippen LogP) is 5.22. The number of hydrogen-bond donors (Lipinski definition) is 0. The van der Waals surface area contributed by atoms with Crippen LogP contribution in [0.15, 0.2) is 47.0 Å². The second-order valence-electron chi connectivity index (χ2n) is 8.87. The third-order valence-corrected chi connectivity index (χ3v) is 6.12. The molecule has 0 N–H and O–H groups in total. The van der Waals surface area contributed by atoms with Crippen LogP contribution in [0.25, 0.3) is 11.4 Å². The van der Waals surface area contributed by atoms with Crippen LogP contribution in [-0.4, -0.2) is 47.3 Å². The lowest BCUT2D eigenvalue weighted by Gasteiger charge is -2.17. The molecule has 0 spiro atoms. The van der Waals surface area contributed by atoms with Crippen LogP contribution in [0, 0.1) is 0 Å². The number of aromatic nitrogens is 2. The van der Waals surface area contributed by atoms with Crippen molar-refractivity contribution in [2.45, 2.75) is 52.4 Å². The van der Waals surface area contributed by atoms with E-state index in [9.17, 15) is 4.79 Å². The fraction of sp³-hybridized carbons (Fsp3) is 0.444. The lowest BCUT2D eigenvalue weighted by atomic mass is 10.0. The number of carbonyl (C=O) groups excluding carboxylic acids is 1. The molecule has 1 unspecified atom stereocenters. The molecule has 1 amide bonds. The minimum Gasteiger partial charge on any atom is -0.490 e. The molecule has 0 bridgehead atoms. The van der Waals surface area contributed by atoms with Crippen molar-refractivity contribution in [3.63, 3.8) is 0 Å². The third-order valence-electron chi connectivity index (χ3n) is 6.12. The average Bonchev–Trinajstić information content (AvgIpc) is 3.46. The van der Waals surface area contributed by atoms with Gasteiger partial charge in [-0.25, -0.2) is 0 Å². The van der Waals surface area contributed by atoms with Gasteiger partial charge in [0.05, 0.1) is 19.1 Å². The molecule has 0 saturated carbocycles. The molecule has 1 aromatic heterocycles. The summed E-state index contributed by atoms with van der Waals surface area (Å²) in [6.07, 6.45) is 1.13. The van der Waals surface area contributed by atoms with Gasteiger partial charge in [-0.2, -0.15) is 4.98 Å². The van der Waals surface area contributed by atoms with Crippen molar-refractivity contribution in [1.29, 1.82) is 0 Å². The Hall–Kier alpha value is -3.35. The van der Waals surface area contributed by atoms with Crippen LogP contribution in [-0.2, 0) is 11.2 Å². The number of hydrogen-bond acceptors (Lipinski definition) is 6. The monoisotopic (exact) mass is 463 g/mol. The number of ether oxygens (including phenoxy) is 2. The molecule has 1 aliphatic rings. The standard InChI is InChI=1S/C27H33N3O4/c1-5-32-23-12-7-19(15-24(23)33-6-2)13-14-30-17-22(16-25(30)31)27-28-26(29-34-27)21-10-8-20(9-11-21)18(3)4/h7-12,15,18,22H,5-6,13-14,16-17H2,1-4H3. The highest BCUT2D eigenvalue weighted by Gasteiger charge is 2.34. The van der Waals surface area contributed by atoms with Crippen molar-refractivity contribution in [2.24, 2.45) is 0 Å². The molecule has 1 saturated heterocycles. The molecule has 4 rings (SSSR count). The minimum atomic E-state index is -0.0806. The Balaban J connectivity index is 1.38. The fourth-order valence-corrected chi connectivity index (χ4v) is 4.20. The van der Waals surface area contributed by atoms with E-state index in [1.165, 1.54) is 5.56 Å². The Labute approximate surface area is 201 Å². The van der Waals surface area contributed by atoms with Gasteiger partial charge in [0, 0.05) is 25.1 Å². The van der Waals surface area contributed by atoms with Crippen molar-refractivity contribution in [3.05, 3.63) is 59.5 Å². The average molecular weight is 464 g/mol. The second kappa shape index (κ2) is 10.7. The molecule has 34 heavy (non-hydrogen) atoms. The van der Waals surface area contributed by atoms with Crippen LogP contribution in [0.1, 0.15) is 63.0 Å². The summed E-state index contributed by atoms with van der Waals surface area (Å²) in [6.45, 7) is 10.6. The lowest BCUT2D eigenvalue weighted by Crippen LogP contribution is -2.27. The summed E-state index contributed by atoms with van der Waals surface area (Å²) in [5.74, 6) is 3.08. The predicted molar refractivity (Wildman–Crippen MR) is 130 cm³/mol. The maximum absolute atomic E-state index is 12.7. The van der Waals surface area contributed by atoms with Gasteiger partial charge >= 0.3 is 0 Å². The summed E-state index contributed by atoms with van der Waals surface area (Å²) >= 11 is 0. The quantitative estimate of drug-likeness (QED) is 0.410. The first-order chi connectivity index (χ1) is 16.5. The van der Waals surface area contributed by atoms with E-state index in [2.05, 4.69) is 36.1 Å². The number of nitrogens with zero attached hydrogens (tertiary/aromatic N) is 3. The van der Waals surface area contributed by atoms with Gasteiger partial charge < -0.3 is 18.9 Å². The van der Waals surface area contributed by atoms with Crippen molar-refractivity contribution in [1.82, 2.24) is 15.0 Å². The van der Waals surface area contributed by atoms with Gasteiger partial charge in [0.1, 0.15) is 0 Å². The van der Waals surface area contributed by atoms with Crippen LogP contribution >= 0.6 is 0 Å². The summed E-state index contributed by atoms with van der Waals surface area (Å²) in [6, 6.07) is 14.2. The maximum Gasteiger partial charge on any atom is 0.232 e. The third kappa shape index (κ3) is 5.41. The van der Waals surface area contributed by atoms with Gasteiger partial charge in [-0.3, -0.25) is 4.79 Å². The van der Waals surface area contributed by atoms with E-state index in [1.807, 2.05) is 49.1 Å². The first kappa shape index (κ1) is 23.8. The largest absolute Gasteiger partial charge is 0.490 e. The van der Waals surface area contributed by atoms with Crippen LogP contribution < -0.4 is 9.47 Å². The molecule has 2 heterocycles. The Morgan fingerprint density at radius 3 is 2.50 bits per heavy atom. The van der Waals surface area contributed by atoms with E-state index in [1.54, 1.807) is 0 Å². The molecule has 1 aliphatic heterocycles. The maximum atomic E-state index is 12.7. The van der Waals surface area contributed by atoms with Crippen LogP contribution in [0.4, 0.5) is 0 Å². The molecule has 2 aromatic carbocycles. The summed E-state index contributed by atoms with van der Waals surface area (Å²) in [4.78, 5) is 19.1. The first-order valence-corrected chi connectivity index (χ1v) is 12.1. The van der Waals surface area contributed by atoms with Crippen molar-refractivity contribution < 1.29 is 18.8 Å². The molecule has 1 fully saturated rings. The van der Waals surface area contributed by atoms with Crippen LogP contribution in [0.3, 0.4) is 0 Å². The highest BCUT2D eigenvalue weighted by atomic mass is 16.5. The van der Waals surface area contributed by atoms with Crippen molar-refractivity contribution >= 4 is 5.91 Å². The fourth-order valence-electron chi connectivity index (χ4n) is 4.20. The Morgan fingerprint density at radius 2 is 1.79 bits per heavy atom.